The van der Waals surface area contributed by atoms with E-state index >= 15 is 0 Å². The van der Waals surface area contributed by atoms with E-state index in [2.05, 4.69) is 0 Å². The highest BCUT2D eigenvalue weighted by Crippen LogP contribution is 2.23. The van der Waals surface area contributed by atoms with Gasteiger partial charge < -0.3 is 19.3 Å². The Labute approximate surface area is 131 Å². The Morgan fingerprint density at radius 2 is 1.64 bits per heavy atom. The molecule has 0 saturated heterocycles. The van der Waals surface area contributed by atoms with Gasteiger partial charge in [-0.2, -0.15) is 0 Å². The van der Waals surface area contributed by atoms with Crippen LogP contribution in [0.2, 0.25) is 0 Å². The minimum Gasteiger partial charge on any atom is -0.491 e. The summed E-state index contributed by atoms with van der Waals surface area (Å²) < 4.78 is 15.9. The molecule has 0 aromatic rings. The van der Waals surface area contributed by atoms with Crippen molar-refractivity contribution < 1.29 is 28.9 Å². The number of esters is 2. The van der Waals surface area contributed by atoms with Crippen molar-refractivity contribution in [1.82, 2.24) is 0 Å². The molecule has 1 aliphatic rings. The monoisotopic (exact) mass is 314 g/mol. The molecule has 126 valence electrons. The van der Waals surface area contributed by atoms with E-state index < -0.39 is 35.1 Å². The molecule has 6 nitrogen and oxygen atoms in total. The van der Waals surface area contributed by atoms with Crippen LogP contribution < -0.4 is 0 Å². The van der Waals surface area contributed by atoms with Gasteiger partial charge in [-0.05, 0) is 47.6 Å². The van der Waals surface area contributed by atoms with Crippen molar-refractivity contribution in [2.75, 3.05) is 6.61 Å². The van der Waals surface area contributed by atoms with Crippen LogP contribution in [-0.4, -0.2) is 42.0 Å². The summed E-state index contributed by atoms with van der Waals surface area (Å²) in [6.45, 7) is 10.3. The molecular weight excluding hydrogens is 288 g/mol. The fourth-order valence-electron chi connectivity index (χ4n) is 1.59. The van der Waals surface area contributed by atoms with Crippen molar-refractivity contribution in [3.63, 3.8) is 0 Å². The maximum absolute atomic E-state index is 12.0. The molecule has 6 heteroatoms. The number of carbonyl (C=O) groups excluding carboxylic acids is 2. The van der Waals surface area contributed by atoms with E-state index in [1.165, 1.54) is 12.3 Å². The molecule has 1 aliphatic heterocycles. The van der Waals surface area contributed by atoms with E-state index in [9.17, 15) is 14.7 Å². The first kappa shape index (κ1) is 18.5. The second-order valence-electron chi connectivity index (χ2n) is 7.46. The first-order valence-electron chi connectivity index (χ1n) is 7.31. The van der Waals surface area contributed by atoms with Crippen LogP contribution in [0.5, 0.6) is 0 Å². The first-order valence-corrected chi connectivity index (χ1v) is 7.31. The van der Waals surface area contributed by atoms with Crippen molar-refractivity contribution in [1.29, 1.82) is 0 Å². The average Bonchev–Trinajstić information content (AvgIpc) is 2.36. The minimum atomic E-state index is -1.00. The molecule has 22 heavy (non-hydrogen) atoms. The Bertz CT molecular complexity index is 441. The molecule has 1 heterocycles. The van der Waals surface area contributed by atoms with Gasteiger partial charge in [0.05, 0.1) is 17.1 Å². The number of carbonyl (C=O) groups is 2. The van der Waals surface area contributed by atoms with Gasteiger partial charge >= 0.3 is 11.9 Å². The maximum atomic E-state index is 12.0. The highest BCUT2D eigenvalue weighted by atomic mass is 16.6. The second-order valence-corrected chi connectivity index (χ2v) is 7.46. The third kappa shape index (κ3) is 5.02. The van der Waals surface area contributed by atoms with Gasteiger partial charge in [0.2, 0.25) is 0 Å². The molecular formula is C16H26O6. The van der Waals surface area contributed by atoms with Gasteiger partial charge in [0.15, 0.2) is 12.2 Å². The van der Waals surface area contributed by atoms with Crippen molar-refractivity contribution in [3.8, 4) is 0 Å². The van der Waals surface area contributed by atoms with Crippen LogP contribution in [0.4, 0.5) is 0 Å². The lowest BCUT2D eigenvalue weighted by molar-refractivity contribution is -0.180. The molecule has 0 fully saturated rings. The average molecular weight is 314 g/mol. The Balaban J connectivity index is 2.73. The summed E-state index contributed by atoms with van der Waals surface area (Å²) in [5.74, 6) is -0.844. The van der Waals surface area contributed by atoms with Crippen LogP contribution in [0, 0.1) is 10.8 Å². The van der Waals surface area contributed by atoms with Crippen molar-refractivity contribution in [2.45, 2.75) is 59.9 Å². The summed E-state index contributed by atoms with van der Waals surface area (Å²) in [6.07, 6.45) is 0.0603. The fourth-order valence-corrected chi connectivity index (χ4v) is 1.59. The predicted molar refractivity (Wildman–Crippen MR) is 79.8 cm³/mol. The number of hydrogen-bond acceptors (Lipinski definition) is 6. The molecule has 0 aromatic heterocycles. The summed E-state index contributed by atoms with van der Waals surface area (Å²) in [6, 6.07) is 0. The van der Waals surface area contributed by atoms with Crippen LogP contribution in [-0.2, 0) is 23.8 Å². The van der Waals surface area contributed by atoms with E-state index in [1.54, 1.807) is 41.5 Å². The van der Waals surface area contributed by atoms with Gasteiger partial charge in [0.25, 0.3) is 0 Å². The summed E-state index contributed by atoms with van der Waals surface area (Å²) in [7, 11) is 0. The number of hydrogen-bond donors (Lipinski definition) is 1. The minimum absolute atomic E-state index is 0.0976. The number of ether oxygens (including phenoxy) is 3. The smallest absolute Gasteiger partial charge is 0.311 e. The second kappa shape index (κ2) is 6.69. The predicted octanol–water partition coefficient (Wildman–Crippen LogP) is 1.81. The quantitative estimate of drug-likeness (QED) is 0.800. The highest BCUT2D eigenvalue weighted by Gasteiger charge is 2.38. The lowest BCUT2D eigenvalue weighted by Crippen LogP contribution is -2.48. The van der Waals surface area contributed by atoms with Gasteiger partial charge in [-0.25, -0.2) is 0 Å². The highest BCUT2D eigenvalue weighted by molar-refractivity contribution is 5.76. The molecule has 1 N–H and O–H groups in total. The molecule has 1 rings (SSSR count). The molecule has 0 unspecified atom stereocenters. The van der Waals surface area contributed by atoms with Gasteiger partial charge in [0, 0.05) is 0 Å². The normalized spacial score (nSPS) is 25.3. The van der Waals surface area contributed by atoms with Gasteiger partial charge in [0.1, 0.15) is 12.7 Å². The van der Waals surface area contributed by atoms with E-state index in [1.807, 2.05) is 0 Å². The molecule has 0 amide bonds. The summed E-state index contributed by atoms with van der Waals surface area (Å²) >= 11 is 0. The third-order valence-corrected chi connectivity index (χ3v) is 3.08. The van der Waals surface area contributed by atoms with Crippen molar-refractivity contribution >= 4 is 11.9 Å². The summed E-state index contributed by atoms with van der Waals surface area (Å²) in [5.41, 5.74) is -1.34. The summed E-state index contributed by atoms with van der Waals surface area (Å²) in [5, 5.41) is 9.99. The summed E-state index contributed by atoms with van der Waals surface area (Å²) in [4.78, 5) is 23.8. The largest absolute Gasteiger partial charge is 0.491 e. The van der Waals surface area contributed by atoms with E-state index in [4.69, 9.17) is 14.2 Å². The lowest BCUT2D eigenvalue weighted by Gasteiger charge is -2.33. The molecule has 0 aliphatic carbocycles. The molecule has 0 aromatic carbocycles. The van der Waals surface area contributed by atoms with Gasteiger partial charge in [-0.15, -0.1) is 0 Å². The fraction of sp³-hybridized carbons (Fsp3) is 0.750. The molecule has 0 saturated carbocycles. The number of rotatable bonds is 3. The lowest BCUT2D eigenvalue weighted by atomic mass is 9.96. The zero-order chi connectivity index (χ0) is 17.1. The zero-order valence-electron chi connectivity index (χ0n) is 14.1. The molecule has 0 radical (unpaired) electrons. The standard InChI is InChI=1S/C16H26O6/c1-15(2,3)13(18)21-9-11-12(10(17)7-8-20-11)22-14(19)16(4,5)6/h7-8,10-12,17H,9H2,1-6H3/t10-,11+,12-/m0/s1. The van der Waals surface area contributed by atoms with Crippen molar-refractivity contribution in [3.05, 3.63) is 12.3 Å². The van der Waals surface area contributed by atoms with Gasteiger partial charge in [-0.1, -0.05) is 0 Å². The topological polar surface area (TPSA) is 82.1 Å². The number of aliphatic hydroxyl groups excluding tert-OH is 1. The third-order valence-electron chi connectivity index (χ3n) is 3.08. The van der Waals surface area contributed by atoms with Crippen LogP contribution >= 0.6 is 0 Å². The van der Waals surface area contributed by atoms with Crippen LogP contribution in [0.1, 0.15) is 41.5 Å². The van der Waals surface area contributed by atoms with Gasteiger partial charge in [-0.3, -0.25) is 9.59 Å². The van der Waals surface area contributed by atoms with Crippen LogP contribution in [0.3, 0.4) is 0 Å². The van der Waals surface area contributed by atoms with Crippen LogP contribution in [0.25, 0.3) is 0 Å². The SMILES string of the molecule is CC(C)(C)C(=O)OC[C@H]1OC=C[C@H](O)[C@@H]1OC(=O)C(C)(C)C. The Morgan fingerprint density at radius 1 is 1.09 bits per heavy atom. The van der Waals surface area contributed by atoms with Crippen LogP contribution in [0.15, 0.2) is 12.3 Å². The molecule has 0 spiro atoms. The van der Waals surface area contributed by atoms with E-state index in [-0.39, 0.29) is 12.6 Å². The van der Waals surface area contributed by atoms with Crippen molar-refractivity contribution in [2.24, 2.45) is 10.8 Å². The Kier molecular flexibility index (Phi) is 5.62. The zero-order valence-corrected chi connectivity index (χ0v) is 14.1. The molecule has 0 bridgehead atoms. The first-order chi connectivity index (χ1) is 9.93. The Hall–Kier alpha value is -1.56. The van der Waals surface area contributed by atoms with E-state index in [0.29, 0.717) is 0 Å². The number of aliphatic hydroxyl groups is 1. The van der Waals surface area contributed by atoms with E-state index in [0.717, 1.165) is 0 Å². The molecule has 3 atom stereocenters. The Morgan fingerprint density at radius 3 is 2.14 bits per heavy atom. The maximum Gasteiger partial charge on any atom is 0.311 e.